The van der Waals surface area contributed by atoms with Crippen molar-refractivity contribution in [1.29, 1.82) is 0 Å². The number of rotatable bonds is 6. The first-order valence-corrected chi connectivity index (χ1v) is 8.57. The third kappa shape index (κ3) is 4.56. The van der Waals surface area contributed by atoms with Gasteiger partial charge in [0.1, 0.15) is 5.75 Å². The molecule has 0 radical (unpaired) electrons. The highest BCUT2D eigenvalue weighted by atomic mass is 35.5. The topological polar surface area (TPSA) is 55.2 Å². The molecule has 1 heterocycles. The molecule has 1 N–H and O–H groups in total. The van der Waals surface area contributed by atoms with Crippen molar-refractivity contribution in [2.75, 3.05) is 6.61 Å². The largest absolute Gasteiger partial charge is 0.439 e. The third-order valence-corrected chi connectivity index (χ3v) is 3.98. The Bertz CT molecular complexity index is 851. The van der Waals surface area contributed by atoms with Gasteiger partial charge in [0, 0.05) is 29.0 Å². The summed E-state index contributed by atoms with van der Waals surface area (Å²) in [5.41, 5.74) is 2.81. The molecule has 0 bridgehead atoms. The number of hydrogen-bond donors (Lipinski definition) is 1. The lowest BCUT2D eigenvalue weighted by Gasteiger charge is -2.09. The highest BCUT2D eigenvalue weighted by Gasteiger charge is 2.09. The van der Waals surface area contributed by atoms with Gasteiger partial charge in [-0.05, 0) is 42.7 Å². The molecular weight excluding hydrogens is 336 g/mol. The maximum Gasteiger partial charge on any atom is 0.223 e. The molecule has 5 heteroatoms. The van der Waals surface area contributed by atoms with Crippen molar-refractivity contribution >= 4 is 11.6 Å². The summed E-state index contributed by atoms with van der Waals surface area (Å²) in [7, 11) is 0. The molecule has 2 aromatic carbocycles. The van der Waals surface area contributed by atoms with E-state index in [9.17, 15) is 0 Å². The molecule has 3 aromatic rings. The molecule has 0 saturated carbocycles. The molecule has 0 amide bonds. The van der Waals surface area contributed by atoms with Crippen LogP contribution in [-0.2, 0) is 12.8 Å². The van der Waals surface area contributed by atoms with Crippen LogP contribution in [0.5, 0.6) is 11.6 Å². The van der Waals surface area contributed by atoms with Gasteiger partial charge in [0.15, 0.2) is 5.82 Å². The number of nitrogens with zero attached hydrogens (tertiary/aromatic N) is 2. The Labute approximate surface area is 152 Å². The van der Waals surface area contributed by atoms with Crippen LogP contribution in [0.1, 0.15) is 18.2 Å². The Hall–Kier alpha value is -2.43. The summed E-state index contributed by atoms with van der Waals surface area (Å²) in [4.78, 5) is 9.08. The van der Waals surface area contributed by atoms with E-state index in [4.69, 9.17) is 21.4 Å². The van der Waals surface area contributed by atoms with Gasteiger partial charge in [-0.3, -0.25) is 0 Å². The van der Waals surface area contributed by atoms with E-state index in [0.29, 0.717) is 28.9 Å². The number of halogens is 1. The molecule has 0 atom stereocenters. The summed E-state index contributed by atoms with van der Waals surface area (Å²) in [6.45, 7) is 2.17. The smallest absolute Gasteiger partial charge is 0.223 e. The molecule has 0 aliphatic heterocycles. The molecule has 4 nitrogen and oxygen atoms in total. The normalized spacial score (nSPS) is 10.7. The Morgan fingerprint density at radius 3 is 2.52 bits per heavy atom. The minimum absolute atomic E-state index is 0.134. The van der Waals surface area contributed by atoms with E-state index < -0.39 is 0 Å². The second-order valence-electron chi connectivity index (χ2n) is 5.60. The molecule has 1 aromatic heterocycles. The maximum absolute atomic E-state index is 8.98. The van der Waals surface area contributed by atoms with E-state index in [1.807, 2.05) is 61.5 Å². The van der Waals surface area contributed by atoms with Crippen LogP contribution in [0.25, 0.3) is 11.4 Å². The lowest BCUT2D eigenvalue weighted by atomic mass is 10.1. The highest BCUT2D eigenvalue weighted by Crippen LogP contribution is 2.25. The maximum atomic E-state index is 8.98. The van der Waals surface area contributed by atoms with Gasteiger partial charge >= 0.3 is 0 Å². The van der Waals surface area contributed by atoms with E-state index in [-0.39, 0.29) is 6.61 Å². The van der Waals surface area contributed by atoms with Crippen LogP contribution in [0.15, 0.2) is 54.6 Å². The number of benzene rings is 2. The molecular formula is C20H19ClN2O2. The molecule has 0 saturated heterocycles. The lowest BCUT2D eigenvalue weighted by molar-refractivity contribution is 0.299. The summed E-state index contributed by atoms with van der Waals surface area (Å²) in [5.74, 6) is 1.78. The van der Waals surface area contributed by atoms with Crippen LogP contribution in [0.2, 0.25) is 5.02 Å². The molecule has 0 spiro atoms. The van der Waals surface area contributed by atoms with Gasteiger partial charge in [-0.15, -0.1) is 0 Å². The van der Waals surface area contributed by atoms with Crippen LogP contribution in [0, 0.1) is 0 Å². The third-order valence-electron chi connectivity index (χ3n) is 3.75. The summed E-state index contributed by atoms with van der Waals surface area (Å²) in [6.07, 6.45) is 1.41. The van der Waals surface area contributed by atoms with Gasteiger partial charge in [-0.1, -0.05) is 42.8 Å². The highest BCUT2D eigenvalue weighted by molar-refractivity contribution is 6.30. The van der Waals surface area contributed by atoms with Gasteiger partial charge in [0.25, 0.3) is 0 Å². The monoisotopic (exact) mass is 354 g/mol. The summed E-state index contributed by atoms with van der Waals surface area (Å²) < 4.78 is 5.90. The Morgan fingerprint density at radius 2 is 1.84 bits per heavy atom. The van der Waals surface area contributed by atoms with Gasteiger partial charge in [0.2, 0.25) is 5.88 Å². The molecule has 128 valence electrons. The number of aliphatic hydroxyl groups excluding tert-OH is 1. The van der Waals surface area contributed by atoms with Crippen molar-refractivity contribution in [3.63, 3.8) is 0 Å². The van der Waals surface area contributed by atoms with E-state index in [2.05, 4.69) is 9.97 Å². The average Bonchev–Trinajstić information content (AvgIpc) is 2.63. The second-order valence-corrected chi connectivity index (χ2v) is 6.04. The SMILES string of the molecule is CCc1cc(Oc2ccc(CCO)cc2)nc(-c2cccc(Cl)c2)n1. The molecule has 0 unspecified atom stereocenters. The molecule has 25 heavy (non-hydrogen) atoms. The molecule has 3 rings (SSSR count). The van der Waals surface area contributed by atoms with Gasteiger partial charge in [-0.25, -0.2) is 4.98 Å². The van der Waals surface area contributed by atoms with Crippen LogP contribution in [-0.4, -0.2) is 21.7 Å². The van der Waals surface area contributed by atoms with Crippen molar-refractivity contribution in [1.82, 2.24) is 9.97 Å². The standard InChI is InChI=1S/C20H19ClN2O2/c1-2-17-13-19(25-18-8-6-14(7-9-18)10-11-24)23-20(22-17)15-4-3-5-16(21)12-15/h3-9,12-13,24H,2,10-11H2,1H3. The fraction of sp³-hybridized carbons (Fsp3) is 0.200. The number of aromatic nitrogens is 2. The Balaban J connectivity index is 1.89. The fourth-order valence-corrected chi connectivity index (χ4v) is 2.63. The van der Waals surface area contributed by atoms with Crippen LogP contribution in [0.4, 0.5) is 0 Å². The quantitative estimate of drug-likeness (QED) is 0.698. The van der Waals surface area contributed by atoms with Gasteiger partial charge in [0.05, 0.1) is 0 Å². The molecule has 0 fully saturated rings. The van der Waals surface area contributed by atoms with Crippen molar-refractivity contribution in [2.24, 2.45) is 0 Å². The van der Waals surface area contributed by atoms with Crippen molar-refractivity contribution in [2.45, 2.75) is 19.8 Å². The van der Waals surface area contributed by atoms with Crippen LogP contribution in [0.3, 0.4) is 0 Å². The average molecular weight is 355 g/mol. The summed E-state index contributed by atoms with van der Waals surface area (Å²) >= 11 is 6.07. The summed E-state index contributed by atoms with van der Waals surface area (Å²) in [5, 5.41) is 9.63. The van der Waals surface area contributed by atoms with Crippen LogP contribution < -0.4 is 4.74 Å². The zero-order valence-electron chi connectivity index (χ0n) is 13.9. The van der Waals surface area contributed by atoms with Crippen molar-refractivity contribution in [3.05, 3.63) is 70.9 Å². The number of aliphatic hydroxyl groups is 1. The van der Waals surface area contributed by atoms with Crippen molar-refractivity contribution in [3.8, 4) is 23.0 Å². The van der Waals surface area contributed by atoms with E-state index in [1.54, 1.807) is 0 Å². The lowest BCUT2D eigenvalue weighted by Crippen LogP contribution is -1.98. The predicted molar refractivity (Wildman–Crippen MR) is 99.2 cm³/mol. The first kappa shape index (κ1) is 17.4. The number of hydrogen-bond acceptors (Lipinski definition) is 4. The first-order valence-electron chi connectivity index (χ1n) is 8.19. The van der Waals surface area contributed by atoms with Crippen LogP contribution >= 0.6 is 11.6 Å². The van der Waals surface area contributed by atoms with E-state index in [1.165, 1.54) is 0 Å². The van der Waals surface area contributed by atoms with Crippen molar-refractivity contribution < 1.29 is 9.84 Å². The zero-order chi connectivity index (χ0) is 17.6. The predicted octanol–water partition coefficient (Wildman–Crippen LogP) is 4.69. The summed E-state index contributed by atoms with van der Waals surface area (Å²) in [6, 6.07) is 16.9. The fourth-order valence-electron chi connectivity index (χ4n) is 2.44. The van der Waals surface area contributed by atoms with Gasteiger partial charge in [-0.2, -0.15) is 4.98 Å². The second kappa shape index (κ2) is 8.10. The van der Waals surface area contributed by atoms with E-state index >= 15 is 0 Å². The Morgan fingerprint density at radius 1 is 1.04 bits per heavy atom. The minimum Gasteiger partial charge on any atom is -0.439 e. The molecule has 0 aliphatic carbocycles. The van der Waals surface area contributed by atoms with E-state index in [0.717, 1.165) is 23.2 Å². The number of ether oxygens (including phenoxy) is 1. The minimum atomic E-state index is 0.134. The van der Waals surface area contributed by atoms with Gasteiger partial charge < -0.3 is 9.84 Å². The molecule has 0 aliphatic rings. The Kier molecular flexibility index (Phi) is 5.64. The zero-order valence-corrected chi connectivity index (χ0v) is 14.7. The first-order chi connectivity index (χ1) is 12.2. The number of aryl methyl sites for hydroxylation is 1.